The van der Waals surface area contributed by atoms with Gasteiger partial charge in [0.2, 0.25) is 17.7 Å². The molecule has 140 valence electrons. The van der Waals surface area contributed by atoms with Crippen LogP contribution in [0, 0.1) is 5.92 Å². The number of amides is 1. The summed E-state index contributed by atoms with van der Waals surface area (Å²) in [6.45, 7) is 1.43. The molecule has 0 saturated carbocycles. The summed E-state index contributed by atoms with van der Waals surface area (Å²) < 4.78 is 10.9. The maximum Gasteiger partial charge on any atom is 0.304 e. The second-order valence-electron chi connectivity index (χ2n) is 6.52. The van der Waals surface area contributed by atoms with Gasteiger partial charge in [0.1, 0.15) is 5.52 Å². The Labute approximate surface area is 156 Å². The average Bonchev–Trinajstić information content (AvgIpc) is 3.17. The smallest absolute Gasteiger partial charge is 0.304 e. The number of oxazole rings is 1. The van der Waals surface area contributed by atoms with E-state index in [9.17, 15) is 4.79 Å². The largest absolute Gasteiger partial charge is 0.481 e. The molecule has 8 nitrogen and oxygen atoms in total. The molecule has 0 radical (unpaired) electrons. The van der Waals surface area contributed by atoms with Crippen molar-refractivity contribution >= 4 is 29.0 Å². The fraction of sp³-hybridized carbons (Fsp3) is 0.368. The number of piperidine rings is 1. The van der Waals surface area contributed by atoms with Crippen molar-refractivity contribution in [1.29, 1.82) is 0 Å². The Balaban J connectivity index is 1.41. The molecular weight excluding hydrogens is 346 g/mol. The van der Waals surface area contributed by atoms with Crippen LogP contribution in [0.5, 0.6) is 5.88 Å². The van der Waals surface area contributed by atoms with E-state index in [0.717, 1.165) is 18.4 Å². The molecule has 0 atom stereocenters. The number of aromatic nitrogens is 3. The molecular formula is C19H21N5O3. The molecule has 3 aromatic rings. The lowest BCUT2D eigenvalue weighted by Crippen LogP contribution is -2.42. The topological polar surface area (TPSA) is 84.6 Å². The maximum absolute atomic E-state index is 12.9. The van der Waals surface area contributed by atoms with E-state index in [0.29, 0.717) is 36.5 Å². The van der Waals surface area contributed by atoms with Crippen LogP contribution >= 0.6 is 0 Å². The van der Waals surface area contributed by atoms with Crippen LogP contribution in [0.15, 0.2) is 40.9 Å². The standard InChI is InChI=1S/C19H21N5O3/c1-23(19-21-14-5-3-4-6-15(14)27-19)17(25)13-8-11-24(12-9-13)18-20-10-7-16(22-18)26-2/h3-7,10,13H,8-9,11-12H2,1-2H3. The molecule has 8 heteroatoms. The van der Waals surface area contributed by atoms with Crippen molar-refractivity contribution in [3.63, 3.8) is 0 Å². The Morgan fingerprint density at radius 1 is 1.22 bits per heavy atom. The first-order chi connectivity index (χ1) is 13.2. The molecule has 1 aliphatic heterocycles. The highest BCUT2D eigenvalue weighted by Gasteiger charge is 2.30. The van der Waals surface area contributed by atoms with Gasteiger partial charge in [0.25, 0.3) is 0 Å². The van der Waals surface area contributed by atoms with Gasteiger partial charge in [-0.25, -0.2) is 4.98 Å². The predicted molar refractivity (Wildman–Crippen MR) is 101 cm³/mol. The summed E-state index contributed by atoms with van der Waals surface area (Å²) >= 11 is 0. The summed E-state index contributed by atoms with van der Waals surface area (Å²) in [5, 5.41) is 0. The molecule has 0 bridgehead atoms. The summed E-state index contributed by atoms with van der Waals surface area (Å²) in [6.07, 6.45) is 3.13. The van der Waals surface area contributed by atoms with Gasteiger partial charge >= 0.3 is 6.01 Å². The minimum absolute atomic E-state index is 0.0211. The summed E-state index contributed by atoms with van der Waals surface area (Å²) in [6, 6.07) is 9.54. The summed E-state index contributed by atoms with van der Waals surface area (Å²) in [5.41, 5.74) is 1.43. The van der Waals surface area contributed by atoms with Crippen LogP contribution in [0.1, 0.15) is 12.8 Å². The quantitative estimate of drug-likeness (QED) is 0.700. The molecule has 0 spiro atoms. The van der Waals surface area contributed by atoms with Crippen LogP contribution in [0.3, 0.4) is 0 Å². The zero-order valence-electron chi connectivity index (χ0n) is 15.3. The van der Waals surface area contributed by atoms with Gasteiger partial charge in [-0.15, -0.1) is 0 Å². The highest BCUT2D eigenvalue weighted by Crippen LogP contribution is 2.26. The number of hydrogen-bond donors (Lipinski definition) is 0. The maximum atomic E-state index is 12.9. The van der Waals surface area contributed by atoms with Gasteiger partial charge < -0.3 is 14.1 Å². The number of hydrogen-bond acceptors (Lipinski definition) is 7. The van der Waals surface area contributed by atoms with E-state index in [2.05, 4.69) is 19.9 Å². The number of anilines is 2. The monoisotopic (exact) mass is 367 g/mol. The minimum Gasteiger partial charge on any atom is -0.481 e. The third kappa shape index (κ3) is 3.42. The van der Waals surface area contributed by atoms with Crippen molar-refractivity contribution in [2.75, 3.05) is 37.0 Å². The fourth-order valence-electron chi connectivity index (χ4n) is 3.30. The number of ether oxygens (including phenoxy) is 1. The lowest BCUT2D eigenvalue weighted by atomic mass is 9.95. The molecule has 1 saturated heterocycles. The molecule has 4 rings (SSSR count). The van der Waals surface area contributed by atoms with Crippen molar-refractivity contribution in [1.82, 2.24) is 15.0 Å². The van der Waals surface area contributed by atoms with E-state index >= 15 is 0 Å². The predicted octanol–water partition coefficient (Wildman–Crippen LogP) is 2.51. The van der Waals surface area contributed by atoms with Crippen LogP contribution in [0.4, 0.5) is 12.0 Å². The first-order valence-electron chi connectivity index (χ1n) is 8.91. The molecule has 2 aromatic heterocycles. The molecule has 1 aliphatic rings. The third-order valence-corrected chi connectivity index (χ3v) is 4.85. The van der Waals surface area contributed by atoms with Gasteiger partial charge in [0.15, 0.2) is 5.58 Å². The zero-order valence-corrected chi connectivity index (χ0v) is 15.3. The Morgan fingerprint density at radius 3 is 2.74 bits per heavy atom. The summed E-state index contributed by atoms with van der Waals surface area (Å²) in [7, 11) is 3.30. The first kappa shape index (κ1) is 17.3. The van der Waals surface area contributed by atoms with Crippen LogP contribution in [-0.2, 0) is 4.79 Å². The lowest BCUT2D eigenvalue weighted by molar-refractivity contribution is -0.122. The molecule has 3 heterocycles. The molecule has 0 unspecified atom stereocenters. The number of carbonyl (C=O) groups excluding carboxylic acids is 1. The van der Waals surface area contributed by atoms with Crippen LogP contribution in [0.25, 0.3) is 11.1 Å². The van der Waals surface area contributed by atoms with E-state index in [1.54, 1.807) is 26.4 Å². The van der Waals surface area contributed by atoms with Crippen molar-refractivity contribution in [2.45, 2.75) is 12.8 Å². The summed E-state index contributed by atoms with van der Waals surface area (Å²) in [5.74, 6) is 1.11. The van der Waals surface area contributed by atoms with Crippen LogP contribution in [0.2, 0.25) is 0 Å². The van der Waals surface area contributed by atoms with Crippen molar-refractivity contribution in [3.05, 3.63) is 36.5 Å². The highest BCUT2D eigenvalue weighted by atomic mass is 16.5. The first-order valence-corrected chi connectivity index (χ1v) is 8.91. The Kier molecular flexibility index (Phi) is 4.62. The zero-order chi connectivity index (χ0) is 18.8. The lowest BCUT2D eigenvalue weighted by Gasteiger charge is -2.32. The number of methoxy groups -OCH3 is 1. The number of rotatable bonds is 4. The van der Waals surface area contributed by atoms with Gasteiger partial charge in [-0.3, -0.25) is 9.69 Å². The molecule has 0 aliphatic carbocycles. The van der Waals surface area contributed by atoms with Gasteiger partial charge in [-0.05, 0) is 25.0 Å². The normalized spacial score (nSPS) is 15.1. The Hall–Kier alpha value is -3.16. The van der Waals surface area contributed by atoms with Crippen molar-refractivity contribution in [3.8, 4) is 5.88 Å². The molecule has 1 amide bonds. The molecule has 0 N–H and O–H groups in total. The van der Waals surface area contributed by atoms with Crippen LogP contribution < -0.4 is 14.5 Å². The number of benzene rings is 1. The van der Waals surface area contributed by atoms with E-state index in [4.69, 9.17) is 9.15 Å². The van der Waals surface area contributed by atoms with Gasteiger partial charge in [-0.2, -0.15) is 9.97 Å². The molecule has 1 fully saturated rings. The van der Waals surface area contributed by atoms with Gasteiger partial charge in [-0.1, -0.05) is 12.1 Å². The van der Waals surface area contributed by atoms with Crippen molar-refractivity contribution in [2.24, 2.45) is 5.92 Å². The van der Waals surface area contributed by atoms with Gasteiger partial charge in [0.05, 0.1) is 7.11 Å². The average molecular weight is 367 g/mol. The summed E-state index contributed by atoms with van der Waals surface area (Å²) in [4.78, 5) is 29.5. The number of carbonyl (C=O) groups is 1. The van der Waals surface area contributed by atoms with Crippen molar-refractivity contribution < 1.29 is 13.9 Å². The Morgan fingerprint density at radius 2 is 2.00 bits per heavy atom. The van der Waals surface area contributed by atoms with E-state index in [-0.39, 0.29) is 11.8 Å². The fourth-order valence-corrected chi connectivity index (χ4v) is 3.30. The second kappa shape index (κ2) is 7.22. The van der Waals surface area contributed by atoms with E-state index in [1.807, 2.05) is 24.3 Å². The van der Waals surface area contributed by atoms with Gasteiger partial charge in [0, 0.05) is 38.3 Å². The van der Waals surface area contributed by atoms with E-state index in [1.165, 1.54) is 4.90 Å². The second-order valence-corrected chi connectivity index (χ2v) is 6.52. The third-order valence-electron chi connectivity index (χ3n) is 4.85. The van der Waals surface area contributed by atoms with Crippen LogP contribution in [-0.4, -0.2) is 48.1 Å². The molecule has 1 aromatic carbocycles. The molecule has 27 heavy (non-hydrogen) atoms. The minimum atomic E-state index is -0.0770. The SMILES string of the molecule is COc1ccnc(N2CCC(C(=O)N(C)c3nc4ccccc4o3)CC2)n1. The van der Waals surface area contributed by atoms with E-state index < -0.39 is 0 Å². The number of fused-ring (bicyclic) bond motifs is 1. The highest BCUT2D eigenvalue weighted by molar-refractivity contribution is 5.93. The number of nitrogens with zero attached hydrogens (tertiary/aromatic N) is 5. The Bertz CT molecular complexity index is 916. The number of para-hydroxylation sites is 2.